The topological polar surface area (TPSA) is 59.1 Å². The van der Waals surface area contributed by atoms with Gasteiger partial charge >= 0.3 is 0 Å². The van der Waals surface area contributed by atoms with Gasteiger partial charge in [-0.2, -0.15) is 4.31 Å². The first-order valence-corrected chi connectivity index (χ1v) is 10.7. The van der Waals surface area contributed by atoms with Crippen LogP contribution in [0.2, 0.25) is 0 Å². The van der Waals surface area contributed by atoms with E-state index in [2.05, 4.69) is 0 Å². The zero-order chi connectivity index (χ0) is 20.9. The van der Waals surface area contributed by atoms with Crippen LogP contribution in [0.25, 0.3) is 0 Å². The molecular formula is C20H24F2N2O4S. The molecule has 1 saturated heterocycles. The molecule has 2 aromatic rings. The van der Waals surface area contributed by atoms with Crippen LogP contribution < -0.4 is 4.74 Å². The van der Waals surface area contributed by atoms with Crippen LogP contribution in [0.1, 0.15) is 5.56 Å². The lowest BCUT2D eigenvalue weighted by atomic mass is 10.2. The van der Waals surface area contributed by atoms with Gasteiger partial charge in [0.05, 0.1) is 18.1 Å². The summed E-state index contributed by atoms with van der Waals surface area (Å²) < 4.78 is 63.7. The van der Waals surface area contributed by atoms with E-state index < -0.39 is 21.7 Å². The summed E-state index contributed by atoms with van der Waals surface area (Å²) in [6, 6.07) is 10.2. The number of likely N-dealkylation sites (N-methyl/N-ethyl adjacent to an activating group) is 1. The number of halogens is 2. The van der Waals surface area contributed by atoms with Crippen molar-refractivity contribution in [2.75, 3.05) is 46.5 Å². The first kappa shape index (κ1) is 21.6. The van der Waals surface area contributed by atoms with E-state index >= 15 is 0 Å². The summed E-state index contributed by atoms with van der Waals surface area (Å²) in [5.74, 6) is -1.16. The zero-order valence-electron chi connectivity index (χ0n) is 16.2. The van der Waals surface area contributed by atoms with Gasteiger partial charge in [-0.3, -0.25) is 4.90 Å². The van der Waals surface area contributed by atoms with Gasteiger partial charge in [-0.15, -0.1) is 0 Å². The highest BCUT2D eigenvalue weighted by Gasteiger charge is 2.26. The molecule has 2 aromatic carbocycles. The summed E-state index contributed by atoms with van der Waals surface area (Å²) in [5, 5.41) is 0. The maximum Gasteiger partial charge on any atom is 0.243 e. The van der Waals surface area contributed by atoms with Gasteiger partial charge in [0, 0.05) is 26.2 Å². The molecule has 1 aliphatic rings. The molecule has 0 saturated carbocycles. The van der Waals surface area contributed by atoms with E-state index in [0.717, 1.165) is 6.07 Å². The number of morpholine rings is 1. The van der Waals surface area contributed by atoms with Crippen LogP contribution >= 0.6 is 0 Å². The van der Waals surface area contributed by atoms with Gasteiger partial charge in [0.15, 0.2) is 11.6 Å². The Hall–Kier alpha value is -2.07. The molecule has 29 heavy (non-hydrogen) atoms. The number of hydrogen-bond acceptors (Lipinski definition) is 5. The second-order valence-corrected chi connectivity index (χ2v) is 8.76. The second-order valence-electron chi connectivity index (χ2n) is 6.82. The summed E-state index contributed by atoms with van der Waals surface area (Å²) >= 11 is 0. The van der Waals surface area contributed by atoms with E-state index in [1.165, 1.54) is 22.5 Å². The average molecular weight is 426 g/mol. The van der Waals surface area contributed by atoms with E-state index in [-0.39, 0.29) is 4.90 Å². The lowest BCUT2D eigenvalue weighted by Gasteiger charge is -2.26. The van der Waals surface area contributed by atoms with Crippen molar-refractivity contribution in [3.05, 3.63) is 59.7 Å². The summed E-state index contributed by atoms with van der Waals surface area (Å²) in [7, 11) is -1.67. The lowest BCUT2D eigenvalue weighted by Crippen LogP contribution is -2.40. The van der Waals surface area contributed by atoms with E-state index in [4.69, 9.17) is 9.47 Å². The molecule has 0 amide bonds. The van der Waals surface area contributed by atoms with Gasteiger partial charge in [0.1, 0.15) is 12.4 Å². The molecule has 9 heteroatoms. The molecular weight excluding hydrogens is 402 g/mol. The van der Waals surface area contributed by atoms with Gasteiger partial charge in [0.2, 0.25) is 10.0 Å². The molecule has 0 aliphatic carbocycles. The molecule has 1 fully saturated rings. The van der Waals surface area contributed by atoms with Crippen LogP contribution in [-0.4, -0.2) is 64.1 Å². The SMILES string of the molecule is CN(CCOc1ccc(S(=O)(=O)N2CCOCC2)cc1)Cc1ccc(F)c(F)c1. The van der Waals surface area contributed by atoms with Crippen molar-refractivity contribution < 1.29 is 26.7 Å². The van der Waals surface area contributed by atoms with Gasteiger partial charge in [-0.05, 0) is 49.0 Å². The summed E-state index contributed by atoms with van der Waals surface area (Å²) in [5.41, 5.74) is 0.670. The Morgan fingerprint density at radius 3 is 2.41 bits per heavy atom. The molecule has 1 aliphatic heterocycles. The fraction of sp³-hybridized carbons (Fsp3) is 0.400. The van der Waals surface area contributed by atoms with Gasteiger partial charge in [0.25, 0.3) is 0 Å². The Morgan fingerprint density at radius 1 is 1.07 bits per heavy atom. The molecule has 0 radical (unpaired) electrons. The van der Waals surface area contributed by atoms with Crippen molar-refractivity contribution in [2.45, 2.75) is 11.4 Å². The Kier molecular flexibility index (Phi) is 7.18. The minimum atomic E-state index is -3.52. The van der Waals surface area contributed by atoms with Crippen LogP contribution in [0.3, 0.4) is 0 Å². The minimum Gasteiger partial charge on any atom is -0.492 e. The molecule has 0 bridgehead atoms. The Morgan fingerprint density at radius 2 is 1.76 bits per heavy atom. The van der Waals surface area contributed by atoms with Crippen LogP contribution in [0, 0.1) is 11.6 Å². The predicted molar refractivity (Wildman–Crippen MR) is 104 cm³/mol. The van der Waals surface area contributed by atoms with Crippen molar-refractivity contribution >= 4 is 10.0 Å². The number of nitrogens with zero attached hydrogens (tertiary/aromatic N) is 2. The van der Waals surface area contributed by atoms with Crippen molar-refractivity contribution in [1.82, 2.24) is 9.21 Å². The molecule has 6 nitrogen and oxygen atoms in total. The molecule has 0 N–H and O–H groups in total. The summed E-state index contributed by atoms with van der Waals surface area (Å²) in [4.78, 5) is 2.14. The quantitative estimate of drug-likeness (QED) is 0.649. The third kappa shape index (κ3) is 5.72. The smallest absolute Gasteiger partial charge is 0.243 e. The standard InChI is InChI=1S/C20H24F2N2O4S/c1-23(15-16-2-7-19(21)20(22)14-16)8-13-28-17-3-5-18(6-4-17)29(25,26)24-9-11-27-12-10-24/h2-7,14H,8-13,15H2,1H3. The number of sulfonamides is 1. The Labute approximate surface area is 169 Å². The molecule has 0 aromatic heterocycles. The molecule has 0 spiro atoms. The van der Waals surface area contributed by atoms with E-state index in [1.54, 1.807) is 18.2 Å². The molecule has 0 unspecified atom stereocenters. The number of hydrogen-bond donors (Lipinski definition) is 0. The van der Waals surface area contributed by atoms with Crippen molar-refractivity contribution in [3.63, 3.8) is 0 Å². The van der Waals surface area contributed by atoms with E-state index in [9.17, 15) is 17.2 Å². The first-order valence-electron chi connectivity index (χ1n) is 9.29. The van der Waals surface area contributed by atoms with Crippen molar-refractivity contribution in [3.8, 4) is 5.75 Å². The van der Waals surface area contributed by atoms with Crippen molar-refractivity contribution in [2.24, 2.45) is 0 Å². The number of rotatable bonds is 8. The largest absolute Gasteiger partial charge is 0.492 e. The van der Waals surface area contributed by atoms with Crippen LogP contribution in [0.15, 0.2) is 47.4 Å². The second kappa shape index (κ2) is 9.62. The molecule has 158 valence electrons. The van der Waals surface area contributed by atoms with Crippen LogP contribution in [0.5, 0.6) is 5.75 Å². The highest BCUT2D eigenvalue weighted by atomic mass is 32.2. The average Bonchev–Trinajstić information content (AvgIpc) is 2.72. The fourth-order valence-corrected chi connectivity index (χ4v) is 4.40. The summed E-state index contributed by atoms with van der Waals surface area (Å²) in [6.45, 7) is 2.90. The van der Waals surface area contributed by atoms with E-state index in [1.807, 2.05) is 11.9 Å². The third-order valence-electron chi connectivity index (χ3n) is 4.61. The first-order chi connectivity index (χ1) is 13.9. The highest BCUT2D eigenvalue weighted by Crippen LogP contribution is 2.20. The molecule has 1 heterocycles. The van der Waals surface area contributed by atoms with Crippen LogP contribution in [-0.2, 0) is 21.3 Å². The number of ether oxygens (including phenoxy) is 2. The molecule has 0 atom stereocenters. The van der Waals surface area contributed by atoms with E-state index in [0.29, 0.717) is 57.3 Å². The predicted octanol–water partition coefficient (Wildman–Crippen LogP) is 2.50. The zero-order valence-corrected chi connectivity index (χ0v) is 17.0. The third-order valence-corrected chi connectivity index (χ3v) is 6.52. The lowest BCUT2D eigenvalue weighted by molar-refractivity contribution is 0.0730. The van der Waals surface area contributed by atoms with Gasteiger partial charge < -0.3 is 9.47 Å². The van der Waals surface area contributed by atoms with Gasteiger partial charge in [-0.25, -0.2) is 17.2 Å². The monoisotopic (exact) mass is 426 g/mol. The summed E-state index contributed by atoms with van der Waals surface area (Å²) in [6.07, 6.45) is 0. The van der Waals surface area contributed by atoms with Crippen molar-refractivity contribution in [1.29, 1.82) is 0 Å². The number of benzene rings is 2. The minimum absolute atomic E-state index is 0.224. The highest BCUT2D eigenvalue weighted by molar-refractivity contribution is 7.89. The maximum atomic E-state index is 13.3. The maximum absolute atomic E-state index is 13.3. The fourth-order valence-electron chi connectivity index (χ4n) is 2.99. The van der Waals surface area contributed by atoms with Crippen LogP contribution in [0.4, 0.5) is 8.78 Å². The Balaban J connectivity index is 1.49. The van der Waals surface area contributed by atoms with Gasteiger partial charge in [-0.1, -0.05) is 6.07 Å². The normalized spacial score (nSPS) is 15.6. The Bertz CT molecular complexity index is 917. The molecule has 3 rings (SSSR count).